The van der Waals surface area contributed by atoms with Crippen molar-refractivity contribution in [2.75, 3.05) is 11.6 Å². The van der Waals surface area contributed by atoms with E-state index in [2.05, 4.69) is 20.8 Å². The summed E-state index contributed by atoms with van der Waals surface area (Å²) >= 11 is 2.95. The Kier molecular flexibility index (Phi) is 7.77. The van der Waals surface area contributed by atoms with Crippen molar-refractivity contribution in [1.82, 2.24) is 15.5 Å². The minimum absolute atomic E-state index is 0.00509. The van der Waals surface area contributed by atoms with Gasteiger partial charge in [0.2, 0.25) is 10.9 Å². The Balaban J connectivity index is 1.39. The van der Waals surface area contributed by atoms with E-state index in [0.717, 1.165) is 10.6 Å². The van der Waals surface area contributed by atoms with Gasteiger partial charge < -0.3 is 10.6 Å². The second kappa shape index (κ2) is 10.7. The van der Waals surface area contributed by atoms with E-state index in [-0.39, 0.29) is 11.8 Å². The molecule has 29 heavy (non-hydrogen) atoms. The van der Waals surface area contributed by atoms with Gasteiger partial charge in [-0.25, -0.2) is 0 Å². The van der Waals surface area contributed by atoms with Crippen molar-refractivity contribution in [3.05, 3.63) is 70.2 Å². The van der Waals surface area contributed by atoms with Crippen molar-refractivity contribution in [3.8, 4) is 0 Å². The van der Waals surface area contributed by atoms with Crippen molar-refractivity contribution in [3.63, 3.8) is 0 Å². The van der Waals surface area contributed by atoms with Crippen molar-refractivity contribution >= 4 is 40.6 Å². The molecule has 0 bridgehead atoms. The monoisotopic (exact) mass is 426 g/mol. The Hall–Kier alpha value is -2.71. The number of thioether (sulfide) groups is 1. The lowest BCUT2D eigenvalue weighted by Crippen LogP contribution is -2.22. The number of aryl methyl sites for hydroxylation is 1. The Bertz CT molecular complexity index is 943. The third kappa shape index (κ3) is 6.69. The second-order valence-electron chi connectivity index (χ2n) is 6.30. The normalized spacial score (nSPS) is 10.5. The fraction of sp³-hybridized carbons (Fsp3) is 0.238. The fourth-order valence-corrected chi connectivity index (χ4v) is 3.77. The summed E-state index contributed by atoms with van der Waals surface area (Å²) in [5.41, 5.74) is 1.79. The topological polar surface area (TPSA) is 84.0 Å². The van der Waals surface area contributed by atoms with Crippen LogP contribution in [-0.4, -0.2) is 28.3 Å². The van der Waals surface area contributed by atoms with Crippen LogP contribution in [0.15, 0.2) is 59.5 Å². The van der Waals surface area contributed by atoms with Gasteiger partial charge in [0.1, 0.15) is 5.01 Å². The third-order valence-electron chi connectivity index (χ3n) is 4.14. The predicted molar refractivity (Wildman–Crippen MR) is 117 cm³/mol. The molecule has 1 aromatic heterocycles. The summed E-state index contributed by atoms with van der Waals surface area (Å²) in [7, 11) is 0. The number of nitrogens with one attached hydrogen (secondary N) is 2. The van der Waals surface area contributed by atoms with Crippen LogP contribution in [0.2, 0.25) is 0 Å². The largest absolute Gasteiger partial charge is 0.352 e. The minimum Gasteiger partial charge on any atom is -0.352 e. The lowest BCUT2D eigenvalue weighted by Gasteiger charge is -2.05. The van der Waals surface area contributed by atoms with Crippen LogP contribution in [0.5, 0.6) is 0 Å². The van der Waals surface area contributed by atoms with Gasteiger partial charge in [-0.05, 0) is 42.5 Å². The van der Waals surface area contributed by atoms with E-state index in [9.17, 15) is 9.59 Å². The summed E-state index contributed by atoms with van der Waals surface area (Å²) in [6, 6.07) is 17.4. The van der Waals surface area contributed by atoms with E-state index in [0.29, 0.717) is 36.5 Å². The van der Waals surface area contributed by atoms with E-state index in [1.807, 2.05) is 60.9 Å². The summed E-state index contributed by atoms with van der Waals surface area (Å²) in [5.74, 6) is -0.268. The van der Waals surface area contributed by atoms with E-state index < -0.39 is 0 Å². The Labute approximate surface area is 178 Å². The molecule has 2 aromatic carbocycles. The maximum atomic E-state index is 12.2. The molecule has 0 atom stereocenters. The zero-order chi connectivity index (χ0) is 20.5. The first-order valence-electron chi connectivity index (χ1n) is 9.22. The summed E-state index contributed by atoms with van der Waals surface area (Å²) in [5, 5.41) is 14.8. The van der Waals surface area contributed by atoms with E-state index in [1.165, 1.54) is 16.2 Å². The molecule has 0 unspecified atom stereocenters. The molecule has 2 N–H and O–H groups in total. The van der Waals surface area contributed by atoms with Gasteiger partial charge in [0.15, 0.2) is 0 Å². The maximum Gasteiger partial charge on any atom is 0.286 e. The molecule has 2 amide bonds. The number of hydrogen-bond acceptors (Lipinski definition) is 6. The molecule has 0 fully saturated rings. The minimum atomic E-state index is -0.273. The highest BCUT2D eigenvalue weighted by Crippen LogP contribution is 2.16. The van der Waals surface area contributed by atoms with Gasteiger partial charge in [0.25, 0.3) is 5.91 Å². The standard InChI is InChI=1S/C21H22N4O2S2/c1-28-17-12-10-15(11-13-17)14-22-18(26)8-5-9-19-24-25-21(29-19)20(27)23-16-6-3-2-4-7-16/h2-4,6-7,10-13H,5,8-9,14H2,1H3,(H,22,26)(H,23,27). The molecule has 0 aliphatic heterocycles. The first kappa shape index (κ1) is 21.0. The third-order valence-corrected chi connectivity index (χ3v) is 5.86. The highest BCUT2D eigenvalue weighted by atomic mass is 32.2. The van der Waals surface area contributed by atoms with Crippen LogP contribution in [0.4, 0.5) is 5.69 Å². The molecule has 0 aliphatic rings. The second-order valence-corrected chi connectivity index (χ2v) is 8.24. The van der Waals surface area contributed by atoms with Gasteiger partial charge in [0, 0.05) is 30.0 Å². The number of hydrogen-bond donors (Lipinski definition) is 2. The van der Waals surface area contributed by atoms with Gasteiger partial charge in [-0.1, -0.05) is 41.7 Å². The summed E-state index contributed by atoms with van der Waals surface area (Å²) in [6.45, 7) is 0.524. The lowest BCUT2D eigenvalue weighted by molar-refractivity contribution is -0.121. The number of nitrogens with zero attached hydrogens (tertiary/aromatic N) is 2. The van der Waals surface area contributed by atoms with Gasteiger partial charge in [-0.15, -0.1) is 22.0 Å². The average molecular weight is 427 g/mol. The molecule has 0 radical (unpaired) electrons. The number of carbonyl (C=O) groups excluding carboxylic acids is 2. The van der Waals surface area contributed by atoms with Crippen LogP contribution in [0.1, 0.15) is 33.2 Å². The molecule has 6 nitrogen and oxygen atoms in total. The highest BCUT2D eigenvalue weighted by molar-refractivity contribution is 7.98. The van der Waals surface area contributed by atoms with Crippen molar-refractivity contribution in [2.24, 2.45) is 0 Å². The molecule has 0 saturated carbocycles. The van der Waals surface area contributed by atoms with E-state index in [1.54, 1.807) is 11.8 Å². The van der Waals surface area contributed by atoms with Crippen LogP contribution in [0.3, 0.4) is 0 Å². The zero-order valence-electron chi connectivity index (χ0n) is 16.1. The van der Waals surface area contributed by atoms with Crippen molar-refractivity contribution < 1.29 is 9.59 Å². The van der Waals surface area contributed by atoms with Gasteiger partial charge >= 0.3 is 0 Å². The van der Waals surface area contributed by atoms with Crippen LogP contribution in [-0.2, 0) is 17.8 Å². The number of aromatic nitrogens is 2. The van der Waals surface area contributed by atoms with E-state index in [4.69, 9.17) is 0 Å². The van der Waals surface area contributed by atoms with Crippen molar-refractivity contribution in [2.45, 2.75) is 30.7 Å². The van der Waals surface area contributed by atoms with Gasteiger partial charge in [-0.2, -0.15) is 0 Å². The number of anilines is 1. The van der Waals surface area contributed by atoms with Crippen LogP contribution < -0.4 is 10.6 Å². The summed E-state index contributed by atoms with van der Waals surface area (Å²) in [6.07, 6.45) is 3.72. The zero-order valence-corrected chi connectivity index (χ0v) is 17.7. The number of para-hydroxylation sites is 1. The molecule has 150 valence electrons. The average Bonchev–Trinajstić information content (AvgIpc) is 3.22. The number of amides is 2. The van der Waals surface area contributed by atoms with Crippen LogP contribution in [0.25, 0.3) is 0 Å². The Morgan fingerprint density at radius 2 is 1.79 bits per heavy atom. The molecule has 3 rings (SSSR count). The van der Waals surface area contributed by atoms with Crippen LogP contribution in [0, 0.1) is 0 Å². The molecule has 8 heteroatoms. The lowest BCUT2D eigenvalue weighted by atomic mass is 10.2. The molecule has 0 saturated heterocycles. The molecular formula is C21H22N4O2S2. The highest BCUT2D eigenvalue weighted by Gasteiger charge is 2.13. The van der Waals surface area contributed by atoms with Gasteiger partial charge in [-0.3, -0.25) is 9.59 Å². The molecule has 0 aliphatic carbocycles. The molecule has 0 spiro atoms. The summed E-state index contributed by atoms with van der Waals surface area (Å²) < 4.78 is 0. The predicted octanol–water partition coefficient (Wildman–Crippen LogP) is 4.15. The quantitative estimate of drug-likeness (QED) is 0.502. The first-order chi connectivity index (χ1) is 14.1. The van der Waals surface area contributed by atoms with Crippen LogP contribution >= 0.6 is 23.1 Å². The first-order valence-corrected chi connectivity index (χ1v) is 11.3. The molecule has 1 heterocycles. The number of rotatable bonds is 9. The molecule has 3 aromatic rings. The van der Waals surface area contributed by atoms with Gasteiger partial charge in [0.05, 0.1) is 0 Å². The number of carbonyl (C=O) groups is 2. The maximum absolute atomic E-state index is 12.2. The Morgan fingerprint density at radius 3 is 2.52 bits per heavy atom. The SMILES string of the molecule is CSc1ccc(CNC(=O)CCCc2nnc(C(=O)Nc3ccccc3)s2)cc1. The smallest absolute Gasteiger partial charge is 0.286 e. The number of benzene rings is 2. The van der Waals surface area contributed by atoms with Crippen molar-refractivity contribution in [1.29, 1.82) is 0 Å². The Morgan fingerprint density at radius 1 is 1.03 bits per heavy atom. The molecular weight excluding hydrogens is 404 g/mol. The fourth-order valence-electron chi connectivity index (χ4n) is 2.59. The summed E-state index contributed by atoms with van der Waals surface area (Å²) in [4.78, 5) is 25.4. The van der Waals surface area contributed by atoms with E-state index >= 15 is 0 Å².